The molecule has 0 saturated carbocycles. The Morgan fingerprint density at radius 3 is 2.46 bits per heavy atom. The van der Waals surface area contributed by atoms with Crippen molar-refractivity contribution in [3.63, 3.8) is 0 Å². The summed E-state index contributed by atoms with van der Waals surface area (Å²) in [7, 11) is 0. The highest BCUT2D eigenvalue weighted by Crippen LogP contribution is 2.24. The normalized spacial score (nSPS) is 11.9. The second-order valence-electron chi connectivity index (χ2n) is 9.29. The molecule has 39 heavy (non-hydrogen) atoms. The summed E-state index contributed by atoms with van der Waals surface area (Å²) in [6, 6.07) is 11.8. The van der Waals surface area contributed by atoms with E-state index in [9.17, 15) is 4.79 Å². The molecular formula is C27H27Cl4N7O. The summed E-state index contributed by atoms with van der Waals surface area (Å²) in [6.45, 7) is 4.80. The van der Waals surface area contributed by atoms with Crippen molar-refractivity contribution in [1.82, 2.24) is 24.8 Å². The molecule has 1 unspecified atom stereocenters. The van der Waals surface area contributed by atoms with E-state index in [4.69, 9.17) is 46.4 Å². The van der Waals surface area contributed by atoms with Crippen molar-refractivity contribution in [3.8, 4) is 5.82 Å². The molecule has 0 saturated heterocycles. The van der Waals surface area contributed by atoms with E-state index in [0.717, 1.165) is 11.1 Å². The monoisotopic (exact) mass is 605 g/mol. The number of nitrogens with one attached hydrogen (secondary N) is 3. The first-order chi connectivity index (χ1) is 18.7. The number of hydrogen-bond acceptors (Lipinski definition) is 6. The predicted molar refractivity (Wildman–Crippen MR) is 158 cm³/mol. The maximum atomic E-state index is 13.3. The SMILES string of the molecule is CC(C)CC(Nc1cc(-n2ccnc2)nc(NCc2ccc(Cl)c(Cl)c2)n1)C(=O)NCc1ccc(Cl)cc1Cl. The number of anilines is 2. The van der Waals surface area contributed by atoms with Gasteiger partial charge in [0.25, 0.3) is 0 Å². The van der Waals surface area contributed by atoms with Crippen LogP contribution >= 0.6 is 46.4 Å². The van der Waals surface area contributed by atoms with Crippen molar-refractivity contribution in [2.24, 2.45) is 5.92 Å². The van der Waals surface area contributed by atoms with Gasteiger partial charge < -0.3 is 16.0 Å². The summed E-state index contributed by atoms with van der Waals surface area (Å²) < 4.78 is 1.76. The lowest BCUT2D eigenvalue weighted by Gasteiger charge is -2.21. The predicted octanol–water partition coefficient (Wildman–Crippen LogP) is 7.03. The van der Waals surface area contributed by atoms with Gasteiger partial charge in [0.15, 0.2) is 0 Å². The van der Waals surface area contributed by atoms with Crippen LogP contribution in [0.4, 0.5) is 11.8 Å². The highest BCUT2D eigenvalue weighted by atomic mass is 35.5. The molecule has 4 aromatic rings. The Balaban J connectivity index is 1.54. The van der Waals surface area contributed by atoms with E-state index in [1.165, 1.54) is 0 Å². The Morgan fingerprint density at radius 2 is 1.77 bits per heavy atom. The summed E-state index contributed by atoms with van der Waals surface area (Å²) in [5.41, 5.74) is 1.68. The van der Waals surface area contributed by atoms with Gasteiger partial charge in [-0.2, -0.15) is 9.97 Å². The largest absolute Gasteiger partial charge is 0.358 e. The van der Waals surface area contributed by atoms with Crippen molar-refractivity contribution in [2.45, 2.75) is 39.4 Å². The van der Waals surface area contributed by atoms with E-state index in [1.807, 2.05) is 6.07 Å². The fourth-order valence-corrected chi connectivity index (χ4v) is 4.59. The Bertz CT molecular complexity index is 1430. The first kappa shape index (κ1) is 29.0. The zero-order valence-electron chi connectivity index (χ0n) is 21.3. The lowest BCUT2D eigenvalue weighted by atomic mass is 10.0. The van der Waals surface area contributed by atoms with Crippen LogP contribution in [-0.4, -0.2) is 31.5 Å². The van der Waals surface area contributed by atoms with Crippen molar-refractivity contribution >= 4 is 64.1 Å². The maximum Gasteiger partial charge on any atom is 0.242 e. The Labute approximate surface area is 247 Å². The van der Waals surface area contributed by atoms with Gasteiger partial charge >= 0.3 is 0 Å². The number of hydrogen-bond donors (Lipinski definition) is 3. The quantitative estimate of drug-likeness (QED) is 0.170. The highest BCUT2D eigenvalue weighted by molar-refractivity contribution is 6.42. The van der Waals surface area contributed by atoms with Gasteiger partial charge in [-0.15, -0.1) is 0 Å². The number of rotatable bonds is 11. The van der Waals surface area contributed by atoms with E-state index in [-0.39, 0.29) is 18.4 Å². The third-order valence-electron chi connectivity index (χ3n) is 5.73. The molecule has 2 aromatic carbocycles. The summed E-state index contributed by atoms with van der Waals surface area (Å²) in [5, 5.41) is 11.5. The van der Waals surface area contributed by atoms with Crippen LogP contribution in [0.2, 0.25) is 20.1 Å². The summed E-state index contributed by atoms with van der Waals surface area (Å²) in [4.78, 5) is 26.6. The van der Waals surface area contributed by atoms with Gasteiger partial charge in [0, 0.05) is 41.6 Å². The van der Waals surface area contributed by atoms with Gasteiger partial charge in [-0.25, -0.2) is 4.98 Å². The van der Waals surface area contributed by atoms with Gasteiger partial charge in [0.2, 0.25) is 11.9 Å². The molecule has 0 aliphatic carbocycles. The standard InChI is InChI=1S/C27H27Cl4N7O/c1-16(2)9-23(26(39)33-14-18-4-5-19(28)11-21(18)30)35-24-12-25(38-8-7-32-15-38)37-27(36-24)34-13-17-3-6-20(29)22(31)10-17/h3-8,10-12,15-16,23H,9,13-14H2,1-2H3,(H,33,39)(H2,34,35,36,37). The van der Waals surface area contributed by atoms with E-state index >= 15 is 0 Å². The first-order valence-electron chi connectivity index (χ1n) is 12.2. The average molecular weight is 607 g/mol. The van der Waals surface area contributed by atoms with Gasteiger partial charge in [0.05, 0.1) is 10.0 Å². The van der Waals surface area contributed by atoms with Gasteiger partial charge in [0.1, 0.15) is 24.0 Å². The van der Waals surface area contributed by atoms with Crippen LogP contribution in [0, 0.1) is 5.92 Å². The molecule has 0 aliphatic heterocycles. The minimum Gasteiger partial charge on any atom is -0.358 e. The van der Waals surface area contributed by atoms with Crippen molar-refractivity contribution in [1.29, 1.82) is 0 Å². The first-order valence-corrected chi connectivity index (χ1v) is 13.7. The minimum absolute atomic E-state index is 0.178. The summed E-state index contributed by atoms with van der Waals surface area (Å²) >= 11 is 24.5. The highest BCUT2D eigenvalue weighted by Gasteiger charge is 2.21. The Hall–Kier alpha value is -3.04. The molecule has 4 rings (SSSR count). The molecule has 2 heterocycles. The van der Waals surface area contributed by atoms with Gasteiger partial charge in [-0.3, -0.25) is 9.36 Å². The summed E-state index contributed by atoms with van der Waals surface area (Å²) in [6.07, 6.45) is 5.66. The van der Waals surface area contributed by atoms with E-state index in [0.29, 0.717) is 50.6 Å². The van der Waals surface area contributed by atoms with E-state index in [1.54, 1.807) is 59.7 Å². The molecule has 204 valence electrons. The zero-order chi connectivity index (χ0) is 27.9. The maximum absolute atomic E-state index is 13.3. The molecular weight excluding hydrogens is 580 g/mol. The number of aromatic nitrogens is 4. The fourth-order valence-electron chi connectivity index (χ4n) is 3.80. The molecule has 0 bridgehead atoms. The average Bonchev–Trinajstić information content (AvgIpc) is 3.43. The van der Waals surface area contributed by atoms with Crippen LogP contribution < -0.4 is 16.0 Å². The number of carbonyl (C=O) groups excluding carboxylic acids is 1. The third kappa shape index (κ3) is 8.22. The molecule has 0 fully saturated rings. The zero-order valence-corrected chi connectivity index (χ0v) is 24.3. The van der Waals surface area contributed by atoms with Crippen LogP contribution in [0.3, 0.4) is 0 Å². The number of halogens is 4. The third-order valence-corrected chi connectivity index (χ3v) is 7.06. The van der Waals surface area contributed by atoms with Crippen molar-refractivity contribution < 1.29 is 4.79 Å². The smallest absolute Gasteiger partial charge is 0.242 e. The lowest BCUT2D eigenvalue weighted by molar-refractivity contribution is -0.122. The molecule has 0 radical (unpaired) electrons. The van der Waals surface area contributed by atoms with Crippen LogP contribution in [0.1, 0.15) is 31.4 Å². The fraction of sp³-hybridized carbons (Fsp3) is 0.259. The van der Waals surface area contributed by atoms with Gasteiger partial charge in [-0.05, 0) is 47.7 Å². The topological polar surface area (TPSA) is 96.8 Å². The molecule has 12 heteroatoms. The molecule has 2 aromatic heterocycles. The Kier molecular flexibility index (Phi) is 9.91. The van der Waals surface area contributed by atoms with Crippen LogP contribution in [-0.2, 0) is 17.9 Å². The van der Waals surface area contributed by atoms with Gasteiger partial charge in [-0.1, -0.05) is 72.4 Å². The minimum atomic E-state index is -0.551. The number of imidazole rings is 1. The lowest BCUT2D eigenvalue weighted by Crippen LogP contribution is -2.40. The van der Waals surface area contributed by atoms with Crippen LogP contribution in [0.15, 0.2) is 61.2 Å². The number of nitrogens with zero attached hydrogens (tertiary/aromatic N) is 4. The summed E-state index contributed by atoms with van der Waals surface area (Å²) in [5.74, 6) is 1.50. The van der Waals surface area contributed by atoms with Crippen LogP contribution in [0.25, 0.3) is 5.82 Å². The molecule has 0 spiro atoms. The van der Waals surface area contributed by atoms with E-state index < -0.39 is 6.04 Å². The van der Waals surface area contributed by atoms with E-state index in [2.05, 4.69) is 44.7 Å². The molecule has 8 nitrogen and oxygen atoms in total. The Morgan fingerprint density at radius 1 is 0.949 bits per heavy atom. The van der Waals surface area contributed by atoms with Crippen molar-refractivity contribution in [2.75, 3.05) is 10.6 Å². The second-order valence-corrected chi connectivity index (χ2v) is 10.9. The number of benzene rings is 2. The van der Waals surface area contributed by atoms with Crippen molar-refractivity contribution in [3.05, 3.63) is 92.4 Å². The molecule has 1 amide bonds. The molecule has 0 aliphatic rings. The molecule has 3 N–H and O–H groups in total. The molecule has 1 atom stereocenters. The van der Waals surface area contributed by atoms with Crippen LogP contribution in [0.5, 0.6) is 0 Å². The number of amides is 1. The second kappa shape index (κ2) is 13.3. The number of carbonyl (C=O) groups is 1.